The Morgan fingerprint density at radius 1 is 0.409 bits per heavy atom. The highest BCUT2D eigenvalue weighted by Gasteiger charge is 2.15. The summed E-state index contributed by atoms with van der Waals surface area (Å²) in [5.74, 6) is -0.395. The smallest absolute Gasteiger partial charge is 0.308 e. The largest absolute Gasteiger partial charge is 0.463 e. The molecular weight excluding hydrogens is 564 g/mol. The van der Waals surface area contributed by atoms with E-state index in [4.69, 9.17) is 33.2 Å². The van der Waals surface area contributed by atoms with Gasteiger partial charge in [-0.15, -0.1) is 0 Å². The molecule has 0 aromatic heterocycles. The first-order valence-electron chi connectivity index (χ1n) is 17.6. The molecule has 0 N–H and O–H groups in total. The Kier molecular flexibility index (Phi) is 32.2. The van der Waals surface area contributed by atoms with Crippen LogP contribution in [0.1, 0.15) is 137 Å². The topological polar surface area (TPSA) is 98.8 Å². The van der Waals surface area contributed by atoms with E-state index in [1.807, 2.05) is 20.8 Å². The van der Waals surface area contributed by atoms with E-state index in [2.05, 4.69) is 6.92 Å². The molecule has 0 aromatic carbocycles. The van der Waals surface area contributed by atoms with Crippen LogP contribution in [0.4, 0.5) is 0 Å². The molecule has 44 heavy (non-hydrogen) atoms. The summed E-state index contributed by atoms with van der Waals surface area (Å²) in [5, 5.41) is 0. The van der Waals surface area contributed by atoms with Crippen molar-refractivity contribution in [3.05, 3.63) is 0 Å². The van der Waals surface area contributed by atoms with Crippen molar-refractivity contribution in [2.75, 3.05) is 72.7 Å². The average molecular weight is 633 g/mol. The third-order valence-electron chi connectivity index (χ3n) is 6.83. The first-order chi connectivity index (χ1) is 21.3. The number of carbonyl (C=O) groups excluding carboxylic acids is 2. The van der Waals surface area contributed by atoms with Gasteiger partial charge in [-0.1, -0.05) is 96.8 Å². The van der Waals surface area contributed by atoms with Crippen molar-refractivity contribution in [1.82, 2.24) is 0 Å². The van der Waals surface area contributed by atoms with E-state index < -0.39 is 5.60 Å². The summed E-state index contributed by atoms with van der Waals surface area (Å²) in [5.41, 5.74) is -0.471. The summed E-state index contributed by atoms with van der Waals surface area (Å²) in [4.78, 5) is 23.4. The Bertz CT molecular complexity index is 622. The van der Waals surface area contributed by atoms with E-state index in [1.165, 1.54) is 83.5 Å². The molecule has 0 atom stereocenters. The van der Waals surface area contributed by atoms with E-state index >= 15 is 0 Å². The molecule has 0 rings (SSSR count). The van der Waals surface area contributed by atoms with Gasteiger partial charge in [-0.05, 0) is 27.2 Å². The molecule has 0 bridgehead atoms. The molecule has 0 aliphatic heterocycles. The number of rotatable bonds is 34. The van der Waals surface area contributed by atoms with Gasteiger partial charge in [0.15, 0.2) is 0 Å². The Morgan fingerprint density at radius 2 is 0.750 bits per heavy atom. The Morgan fingerprint density at radius 3 is 1.14 bits per heavy atom. The normalized spacial score (nSPS) is 11.6. The van der Waals surface area contributed by atoms with Crippen molar-refractivity contribution in [1.29, 1.82) is 0 Å². The van der Waals surface area contributed by atoms with Gasteiger partial charge < -0.3 is 33.2 Å². The standard InChI is InChI=1S/C35H68O9/c1-5-6-7-8-9-10-11-12-13-14-15-16-17-18-19-20-33(36)43-32-31-42-30-29-41-28-27-40-26-25-39-24-23-38-22-21-34(37)44-35(2,3)4/h5-32H2,1-4H3. The Hall–Kier alpha value is -1.26. The van der Waals surface area contributed by atoms with Crippen molar-refractivity contribution in [2.45, 2.75) is 142 Å². The minimum Gasteiger partial charge on any atom is -0.463 e. The lowest BCUT2D eigenvalue weighted by Gasteiger charge is -2.19. The van der Waals surface area contributed by atoms with E-state index in [-0.39, 0.29) is 25.0 Å². The zero-order valence-corrected chi connectivity index (χ0v) is 29.0. The fourth-order valence-electron chi connectivity index (χ4n) is 4.46. The molecule has 9 heteroatoms. The highest BCUT2D eigenvalue weighted by Crippen LogP contribution is 2.14. The summed E-state index contributed by atoms with van der Waals surface area (Å²) < 4.78 is 37.6. The molecular formula is C35H68O9. The van der Waals surface area contributed by atoms with Gasteiger partial charge in [0.1, 0.15) is 12.2 Å². The van der Waals surface area contributed by atoms with E-state index in [0.717, 1.165) is 12.8 Å². The van der Waals surface area contributed by atoms with Crippen molar-refractivity contribution >= 4 is 11.9 Å². The number of ether oxygens (including phenoxy) is 7. The third-order valence-corrected chi connectivity index (χ3v) is 6.83. The minimum absolute atomic E-state index is 0.133. The van der Waals surface area contributed by atoms with Crippen molar-refractivity contribution in [2.24, 2.45) is 0 Å². The van der Waals surface area contributed by atoms with E-state index in [1.54, 1.807) is 0 Å². The lowest BCUT2D eigenvalue weighted by atomic mass is 10.0. The van der Waals surface area contributed by atoms with Crippen LogP contribution >= 0.6 is 0 Å². The number of esters is 2. The van der Waals surface area contributed by atoms with E-state index in [0.29, 0.717) is 72.5 Å². The highest BCUT2D eigenvalue weighted by atomic mass is 16.6. The predicted octanol–water partition coefficient (Wildman–Crippen LogP) is 7.61. The monoisotopic (exact) mass is 632 g/mol. The van der Waals surface area contributed by atoms with Crippen molar-refractivity contribution in [3.8, 4) is 0 Å². The molecule has 9 nitrogen and oxygen atoms in total. The van der Waals surface area contributed by atoms with Crippen LogP contribution in [0.5, 0.6) is 0 Å². The average Bonchev–Trinajstić information content (AvgIpc) is 2.97. The maximum atomic E-state index is 11.9. The lowest BCUT2D eigenvalue weighted by molar-refractivity contribution is -0.156. The summed E-state index contributed by atoms with van der Waals surface area (Å²) in [6.07, 6.45) is 20.5. The zero-order chi connectivity index (χ0) is 32.4. The summed E-state index contributed by atoms with van der Waals surface area (Å²) in [7, 11) is 0. The van der Waals surface area contributed by atoms with Gasteiger partial charge in [0.25, 0.3) is 0 Å². The van der Waals surface area contributed by atoms with Crippen molar-refractivity contribution < 1.29 is 42.7 Å². The molecule has 0 amide bonds. The molecule has 0 heterocycles. The van der Waals surface area contributed by atoms with Crippen molar-refractivity contribution in [3.63, 3.8) is 0 Å². The number of carbonyl (C=O) groups is 2. The molecule has 0 radical (unpaired) electrons. The van der Waals surface area contributed by atoms with Gasteiger partial charge in [0, 0.05) is 6.42 Å². The molecule has 0 aliphatic rings. The van der Waals surface area contributed by atoms with Gasteiger partial charge in [-0.3, -0.25) is 9.59 Å². The van der Waals surface area contributed by atoms with Crippen LogP contribution in [0.25, 0.3) is 0 Å². The van der Waals surface area contributed by atoms with Gasteiger partial charge in [-0.2, -0.15) is 0 Å². The summed E-state index contributed by atoms with van der Waals surface area (Å²) in [6, 6.07) is 0. The first-order valence-corrected chi connectivity index (χ1v) is 17.6. The van der Waals surface area contributed by atoms with Crippen LogP contribution in [0, 0.1) is 0 Å². The fourth-order valence-corrected chi connectivity index (χ4v) is 4.46. The molecule has 0 saturated heterocycles. The SMILES string of the molecule is CCCCCCCCCCCCCCCCCC(=O)OCCOCCOCCOCCOCCOCCC(=O)OC(C)(C)C. The molecule has 0 aromatic rings. The quantitative estimate of drug-likeness (QED) is 0.0524. The number of hydrogen-bond acceptors (Lipinski definition) is 9. The van der Waals surface area contributed by atoms with Crippen LogP contribution in [-0.2, 0) is 42.7 Å². The molecule has 262 valence electrons. The molecule has 0 spiro atoms. The van der Waals surface area contributed by atoms with E-state index in [9.17, 15) is 9.59 Å². The highest BCUT2D eigenvalue weighted by molar-refractivity contribution is 5.70. The second-order valence-electron chi connectivity index (χ2n) is 12.3. The summed E-state index contributed by atoms with van der Waals surface area (Å²) >= 11 is 0. The number of unbranched alkanes of at least 4 members (excludes halogenated alkanes) is 14. The first kappa shape index (κ1) is 42.7. The van der Waals surface area contributed by atoms with Crippen LogP contribution in [0.3, 0.4) is 0 Å². The molecule has 0 saturated carbocycles. The number of hydrogen-bond donors (Lipinski definition) is 0. The molecule has 0 fully saturated rings. The van der Waals surface area contributed by atoms with Crippen LogP contribution in [0.15, 0.2) is 0 Å². The van der Waals surface area contributed by atoms with Gasteiger partial charge in [0.05, 0.1) is 72.5 Å². The Labute approximate surface area is 269 Å². The minimum atomic E-state index is -0.471. The van der Waals surface area contributed by atoms with Crippen LogP contribution < -0.4 is 0 Å². The molecule has 0 unspecified atom stereocenters. The third kappa shape index (κ3) is 36.9. The second-order valence-corrected chi connectivity index (χ2v) is 12.3. The van der Waals surface area contributed by atoms with Gasteiger partial charge in [-0.25, -0.2) is 0 Å². The lowest BCUT2D eigenvalue weighted by Crippen LogP contribution is -2.24. The fraction of sp³-hybridized carbons (Fsp3) is 0.943. The Balaban J connectivity index is 3.20. The zero-order valence-electron chi connectivity index (χ0n) is 29.0. The predicted molar refractivity (Wildman–Crippen MR) is 175 cm³/mol. The van der Waals surface area contributed by atoms with Gasteiger partial charge >= 0.3 is 11.9 Å². The maximum absolute atomic E-state index is 11.9. The second kappa shape index (κ2) is 33.1. The summed E-state index contributed by atoms with van der Waals surface area (Å²) in [6.45, 7) is 12.5. The maximum Gasteiger partial charge on any atom is 0.308 e. The molecule has 0 aliphatic carbocycles. The van der Waals surface area contributed by atoms with Gasteiger partial charge in [0.2, 0.25) is 0 Å². The van der Waals surface area contributed by atoms with Crippen LogP contribution in [0.2, 0.25) is 0 Å². The van der Waals surface area contributed by atoms with Crippen LogP contribution in [-0.4, -0.2) is 90.2 Å².